The van der Waals surface area contributed by atoms with Gasteiger partial charge in [-0.25, -0.2) is 9.18 Å². The summed E-state index contributed by atoms with van der Waals surface area (Å²) in [5, 5.41) is 11.0. The monoisotopic (exact) mass is 365 g/mol. The third-order valence-electron chi connectivity index (χ3n) is 4.44. The van der Waals surface area contributed by atoms with Gasteiger partial charge in [-0.1, -0.05) is 0 Å². The Bertz CT molecular complexity index is 1210. The third-order valence-corrected chi connectivity index (χ3v) is 4.44. The molecular formula is C21H16FNO4. The van der Waals surface area contributed by atoms with Crippen LogP contribution in [0, 0.1) is 12.7 Å². The molecule has 0 radical (unpaired) electrons. The molecule has 4 aromatic rings. The number of ether oxygens (including phenoxy) is 1. The number of aromatic amines is 1. The standard InChI is InChI=1S/C21H16FNO4/c1-11-9-17(24)19(21(25)27-11)18-15-8-5-13(22)10-16(15)23-20(18)12-3-6-14(26-2)7-4-12/h3-10,23-24H,1-2H3. The van der Waals surface area contributed by atoms with Crippen LogP contribution in [0.2, 0.25) is 0 Å². The second kappa shape index (κ2) is 6.32. The number of rotatable bonds is 3. The Hall–Kier alpha value is -3.54. The first kappa shape index (κ1) is 16.9. The van der Waals surface area contributed by atoms with Crippen molar-refractivity contribution in [3.8, 4) is 33.9 Å². The summed E-state index contributed by atoms with van der Waals surface area (Å²) in [7, 11) is 1.57. The smallest absolute Gasteiger partial charge is 0.347 e. The molecule has 0 aliphatic heterocycles. The SMILES string of the molecule is COc1ccc(-c2[nH]c3cc(F)ccc3c2-c2c(O)cc(C)oc2=O)cc1. The van der Waals surface area contributed by atoms with E-state index in [9.17, 15) is 14.3 Å². The first-order valence-corrected chi connectivity index (χ1v) is 8.27. The number of hydrogen-bond acceptors (Lipinski definition) is 4. The van der Waals surface area contributed by atoms with Crippen molar-refractivity contribution in [1.29, 1.82) is 0 Å². The number of H-pyrrole nitrogens is 1. The van der Waals surface area contributed by atoms with Gasteiger partial charge in [0, 0.05) is 22.5 Å². The zero-order valence-electron chi connectivity index (χ0n) is 14.7. The average Bonchev–Trinajstić information content (AvgIpc) is 2.99. The first-order chi connectivity index (χ1) is 13.0. The Morgan fingerprint density at radius 3 is 2.48 bits per heavy atom. The van der Waals surface area contributed by atoms with Crippen LogP contribution >= 0.6 is 0 Å². The van der Waals surface area contributed by atoms with Gasteiger partial charge in [0.1, 0.15) is 28.6 Å². The average molecular weight is 365 g/mol. The number of aromatic hydroxyl groups is 1. The molecule has 2 aromatic heterocycles. The highest BCUT2D eigenvalue weighted by Crippen LogP contribution is 2.40. The largest absolute Gasteiger partial charge is 0.507 e. The van der Waals surface area contributed by atoms with Gasteiger partial charge in [0.25, 0.3) is 0 Å². The summed E-state index contributed by atoms with van der Waals surface area (Å²) >= 11 is 0. The van der Waals surface area contributed by atoms with Crippen LogP contribution < -0.4 is 10.4 Å². The van der Waals surface area contributed by atoms with Gasteiger partial charge in [0.15, 0.2) is 0 Å². The van der Waals surface area contributed by atoms with Gasteiger partial charge in [-0.3, -0.25) is 0 Å². The number of aromatic nitrogens is 1. The molecule has 0 unspecified atom stereocenters. The van der Waals surface area contributed by atoms with E-state index in [0.717, 1.165) is 5.56 Å². The van der Waals surface area contributed by atoms with Gasteiger partial charge in [-0.2, -0.15) is 0 Å². The molecule has 0 fully saturated rings. The van der Waals surface area contributed by atoms with E-state index in [0.29, 0.717) is 33.7 Å². The van der Waals surface area contributed by atoms with Gasteiger partial charge < -0.3 is 19.2 Å². The Balaban J connectivity index is 2.07. The molecule has 4 rings (SSSR count). The Labute approximate surface area is 153 Å². The number of aryl methyl sites for hydroxylation is 1. The van der Waals surface area contributed by atoms with Crippen molar-refractivity contribution in [2.75, 3.05) is 7.11 Å². The normalized spacial score (nSPS) is 11.1. The molecule has 0 aliphatic rings. The molecule has 0 saturated carbocycles. The summed E-state index contributed by atoms with van der Waals surface area (Å²) in [6.07, 6.45) is 0. The lowest BCUT2D eigenvalue weighted by molar-refractivity contribution is 0.415. The highest BCUT2D eigenvalue weighted by atomic mass is 19.1. The van der Waals surface area contributed by atoms with Crippen molar-refractivity contribution >= 4 is 10.9 Å². The third kappa shape index (κ3) is 2.85. The van der Waals surface area contributed by atoms with Crippen LogP contribution in [0.1, 0.15) is 5.76 Å². The minimum Gasteiger partial charge on any atom is -0.507 e. The Kier molecular flexibility index (Phi) is 3.96. The fraction of sp³-hybridized carbons (Fsp3) is 0.0952. The second-order valence-corrected chi connectivity index (χ2v) is 6.20. The van der Waals surface area contributed by atoms with Crippen molar-refractivity contribution < 1.29 is 18.7 Å². The predicted octanol–water partition coefficient (Wildman–Crippen LogP) is 4.62. The molecule has 27 heavy (non-hydrogen) atoms. The van der Waals surface area contributed by atoms with E-state index in [-0.39, 0.29) is 11.3 Å². The van der Waals surface area contributed by atoms with Gasteiger partial charge in [0.05, 0.1) is 12.8 Å². The molecule has 0 atom stereocenters. The fourth-order valence-electron chi connectivity index (χ4n) is 3.23. The molecule has 2 N–H and O–H groups in total. The second-order valence-electron chi connectivity index (χ2n) is 6.20. The van der Waals surface area contributed by atoms with Crippen LogP contribution in [0.25, 0.3) is 33.3 Å². The Morgan fingerprint density at radius 1 is 1.07 bits per heavy atom. The highest BCUT2D eigenvalue weighted by molar-refractivity contribution is 6.04. The maximum atomic E-state index is 13.7. The van der Waals surface area contributed by atoms with Crippen LogP contribution in [0.3, 0.4) is 0 Å². The maximum Gasteiger partial charge on any atom is 0.347 e. The van der Waals surface area contributed by atoms with Crippen LogP contribution in [-0.4, -0.2) is 17.2 Å². The van der Waals surface area contributed by atoms with E-state index in [1.807, 2.05) is 12.1 Å². The predicted molar refractivity (Wildman–Crippen MR) is 101 cm³/mol. The van der Waals surface area contributed by atoms with Crippen molar-refractivity contribution in [1.82, 2.24) is 4.98 Å². The van der Waals surface area contributed by atoms with E-state index in [4.69, 9.17) is 9.15 Å². The molecule has 2 heterocycles. The summed E-state index contributed by atoms with van der Waals surface area (Å²) in [6.45, 7) is 1.58. The zero-order chi connectivity index (χ0) is 19.1. The van der Waals surface area contributed by atoms with Gasteiger partial charge in [-0.05, 0) is 55.0 Å². The van der Waals surface area contributed by atoms with Crippen molar-refractivity contribution in [3.05, 3.63) is 70.5 Å². The van der Waals surface area contributed by atoms with E-state index in [2.05, 4.69) is 4.98 Å². The minimum absolute atomic E-state index is 0.0317. The fourth-order valence-corrected chi connectivity index (χ4v) is 3.23. The van der Waals surface area contributed by atoms with Gasteiger partial charge >= 0.3 is 5.63 Å². The molecule has 0 amide bonds. The molecule has 0 aliphatic carbocycles. The van der Waals surface area contributed by atoms with Gasteiger partial charge in [-0.15, -0.1) is 0 Å². The molecule has 2 aromatic carbocycles. The number of benzene rings is 2. The lowest BCUT2D eigenvalue weighted by atomic mass is 9.99. The topological polar surface area (TPSA) is 75.5 Å². The quantitative estimate of drug-likeness (QED) is 0.556. The Morgan fingerprint density at radius 2 is 1.81 bits per heavy atom. The molecular weight excluding hydrogens is 349 g/mol. The van der Waals surface area contributed by atoms with E-state index >= 15 is 0 Å². The van der Waals surface area contributed by atoms with Crippen molar-refractivity contribution in [3.63, 3.8) is 0 Å². The summed E-state index contributed by atoms with van der Waals surface area (Å²) in [6, 6.07) is 12.8. The van der Waals surface area contributed by atoms with E-state index < -0.39 is 11.4 Å². The van der Waals surface area contributed by atoms with Crippen LogP contribution in [-0.2, 0) is 0 Å². The minimum atomic E-state index is -0.660. The number of methoxy groups -OCH3 is 1. The molecule has 0 bridgehead atoms. The van der Waals surface area contributed by atoms with E-state index in [1.165, 1.54) is 18.2 Å². The lowest BCUT2D eigenvalue weighted by Gasteiger charge is -2.08. The zero-order valence-corrected chi connectivity index (χ0v) is 14.7. The number of hydrogen-bond donors (Lipinski definition) is 2. The maximum absolute atomic E-state index is 13.7. The van der Waals surface area contributed by atoms with Crippen molar-refractivity contribution in [2.45, 2.75) is 6.92 Å². The highest BCUT2D eigenvalue weighted by Gasteiger charge is 2.22. The number of halogens is 1. The summed E-state index contributed by atoms with van der Waals surface area (Å²) in [5.74, 6) is 0.388. The lowest BCUT2D eigenvalue weighted by Crippen LogP contribution is -2.04. The van der Waals surface area contributed by atoms with Crippen LogP contribution in [0.15, 0.2) is 57.7 Å². The summed E-state index contributed by atoms with van der Waals surface area (Å²) in [4.78, 5) is 15.7. The molecule has 6 heteroatoms. The summed E-state index contributed by atoms with van der Waals surface area (Å²) < 4.78 is 24.1. The molecule has 0 saturated heterocycles. The number of nitrogens with one attached hydrogen (secondary N) is 1. The van der Waals surface area contributed by atoms with Crippen LogP contribution in [0.4, 0.5) is 4.39 Å². The first-order valence-electron chi connectivity index (χ1n) is 8.27. The molecule has 136 valence electrons. The van der Waals surface area contributed by atoms with Gasteiger partial charge in [0.2, 0.25) is 0 Å². The number of fused-ring (bicyclic) bond motifs is 1. The van der Waals surface area contributed by atoms with Crippen molar-refractivity contribution in [2.24, 2.45) is 0 Å². The molecule has 0 spiro atoms. The summed E-state index contributed by atoms with van der Waals surface area (Å²) in [5.41, 5.74) is 1.67. The van der Waals surface area contributed by atoms with E-state index in [1.54, 1.807) is 32.2 Å². The molecule has 5 nitrogen and oxygen atoms in total. The van der Waals surface area contributed by atoms with Crippen LogP contribution in [0.5, 0.6) is 11.5 Å².